The summed E-state index contributed by atoms with van der Waals surface area (Å²) < 4.78 is 22.4. The van der Waals surface area contributed by atoms with Crippen LogP contribution in [0.15, 0.2) is 98.5 Å². The first-order chi connectivity index (χ1) is 21.8. The van der Waals surface area contributed by atoms with E-state index < -0.39 is 12.0 Å². The zero-order chi connectivity index (χ0) is 31.7. The minimum absolute atomic E-state index is 0.188. The van der Waals surface area contributed by atoms with Crippen molar-refractivity contribution in [3.05, 3.63) is 125 Å². The number of esters is 1. The van der Waals surface area contributed by atoms with E-state index in [-0.39, 0.29) is 17.7 Å². The molecule has 10 heteroatoms. The first-order valence-electron chi connectivity index (χ1n) is 14.7. The monoisotopic (exact) mass is 685 g/mol. The number of hydrogen-bond acceptors (Lipinski definition) is 7. The van der Waals surface area contributed by atoms with Gasteiger partial charge in [0.05, 0.1) is 36.1 Å². The molecule has 1 aliphatic rings. The highest BCUT2D eigenvalue weighted by atomic mass is 79.9. The largest absolute Gasteiger partial charge is 0.493 e. The number of fused-ring (bicyclic) bond motifs is 2. The van der Waals surface area contributed by atoms with E-state index in [1.165, 1.54) is 11.3 Å². The van der Waals surface area contributed by atoms with Crippen molar-refractivity contribution < 1.29 is 19.0 Å². The maximum absolute atomic E-state index is 14.3. The van der Waals surface area contributed by atoms with Crippen molar-refractivity contribution in [2.24, 2.45) is 4.99 Å². The van der Waals surface area contributed by atoms with Gasteiger partial charge in [0.2, 0.25) is 0 Å². The van der Waals surface area contributed by atoms with Crippen molar-refractivity contribution in [1.29, 1.82) is 0 Å². The van der Waals surface area contributed by atoms with Crippen LogP contribution in [0.4, 0.5) is 0 Å². The first-order valence-corrected chi connectivity index (χ1v) is 16.3. The summed E-state index contributed by atoms with van der Waals surface area (Å²) in [4.78, 5) is 33.0. The Kier molecular flexibility index (Phi) is 8.78. The van der Waals surface area contributed by atoms with E-state index in [0.29, 0.717) is 45.2 Å². The summed E-state index contributed by atoms with van der Waals surface area (Å²) in [6.07, 6.45) is 3.99. The van der Waals surface area contributed by atoms with Crippen molar-refractivity contribution >= 4 is 50.2 Å². The molecule has 0 radical (unpaired) electrons. The van der Waals surface area contributed by atoms with Gasteiger partial charge in [0.15, 0.2) is 16.3 Å². The smallest absolute Gasteiger partial charge is 0.338 e. The summed E-state index contributed by atoms with van der Waals surface area (Å²) in [7, 11) is 1.56. The van der Waals surface area contributed by atoms with Gasteiger partial charge in [0, 0.05) is 39.2 Å². The van der Waals surface area contributed by atoms with Gasteiger partial charge in [-0.15, -0.1) is 0 Å². The number of rotatable bonds is 9. The number of allylic oxidation sites excluding steroid dienone is 1. The van der Waals surface area contributed by atoms with Crippen molar-refractivity contribution in [3.63, 3.8) is 0 Å². The summed E-state index contributed by atoms with van der Waals surface area (Å²) in [6.45, 7) is 6.64. The van der Waals surface area contributed by atoms with Crippen LogP contribution in [0.2, 0.25) is 0 Å². The molecule has 45 heavy (non-hydrogen) atoms. The predicted octanol–water partition coefficient (Wildman–Crippen LogP) is 5.97. The second-order valence-electron chi connectivity index (χ2n) is 10.5. The number of carbonyl (C=O) groups excluding carboxylic acids is 1. The third-order valence-electron chi connectivity index (χ3n) is 7.70. The van der Waals surface area contributed by atoms with Gasteiger partial charge < -0.3 is 18.8 Å². The van der Waals surface area contributed by atoms with E-state index in [1.54, 1.807) is 31.6 Å². The number of methoxy groups -OCH3 is 1. The minimum atomic E-state index is -0.821. The summed E-state index contributed by atoms with van der Waals surface area (Å²) in [5.41, 5.74) is 4.28. The predicted molar refractivity (Wildman–Crippen MR) is 180 cm³/mol. The molecule has 0 saturated heterocycles. The Labute approximate surface area is 272 Å². The highest BCUT2D eigenvalue weighted by molar-refractivity contribution is 9.10. The number of halogens is 1. The number of hydrogen-bond donors (Lipinski definition) is 0. The molecule has 0 aliphatic carbocycles. The number of carbonyl (C=O) groups is 1. The molecule has 2 aromatic heterocycles. The molecule has 1 atom stereocenters. The van der Waals surface area contributed by atoms with Gasteiger partial charge in [0.25, 0.3) is 5.56 Å². The average molecular weight is 687 g/mol. The molecule has 0 N–H and O–H groups in total. The van der Waals surface area contributed by atoms with Gasteiger partial charge in [-0.1, -0.05) is 69.7 Å². The first kappa shape index (κ1) is 30.6. The molecular weight excluding hydrogens is 654 g/mol. The van der Waals surface area contributed by atoms with Crippen LogP contribution in [0.5, 0.6) is 11.5 Å². The molecule has 3 aromatic carbocycles. The highest BCUT2D eigenvalue weighted by Gasteiger charge is 2.36. The molecule has 0 fully saturated rings. The van der Waals surface area contributed by atoms with E-state index in [2.05, 4.69) is 51.0 Å². The number of para-hydroxylation sites is 2. The number of ether oxygens (including phenoxy) is 3. The van der Waals surface area contributed by atoms with Crippen LogP contribution in [0.3, 0.4) is 0 Å². The van der Waals surface area contributed by atoms with Crippen molar-refractivity contribution in [2.45, 2.75) is 33.4 Å². The zero-order valence-corrected chi connectivity index (χ0v) is 27.8. The van der Waals surface area contributed by atoms with Crippen LogP contribution in [0.1, 0.15) is 43.5 Å². The molecule has 8 nitrogen and oxygen atoms in total. The molecule has 3 heterocycles. The fourth-order valence-corrected chi connectivity index (χ4v) is 7.04. The lowest BCUT2D eigenvalue weighted by atomic mass is 9.94. The SMILES string of the molecule is CCOC(=O)C1=C(C)N=c2s/c(=C/c3cn(Cc4ccc(Br)cc4)c4ccccc34)c(=O)n2[C@H]1c1cccc(OC)c1OCC. The van der Waals surface area contributed by atoms with Crippen LogP contribution >= 0.6 is 27.3 Å². The van der Waals surface area contributed by atoms with Crippen LogP contribution in [0, 0.1) is 0 Å². The van der Waals surface area contributed by atoms with E-state index >= 15 is 0 Å². The van der Waals surface area contributed by atoms with Gasteiger partial charge in [-0.3, -0.25) is 9.36 Å². The topological polar surface area (TPSA) is 84.1 Å². The fraction of sp³-hybridized carbons (Fsp3) is 0.229. The molecule has 6 rings (SSSR count). The van der Waals surface area contributed by atoms with E-state index in [9.17, 15) is 9.59 Å². The summed E-state index contributed by atoms with van der Waals surface area (Å²) >= 11 is 4.81. The molecular formula is C35H32BrN3O5S. The summed E-state index contributed by atoms with van der Waals surface area (Å²) in [5, 5.41) is 1.03. The van der Waals surface area contributed by atoms with Crippen molar-refractivity contribution in [2.75, 3.05) is 20.3 Å². The normalized spacial score (nSPS) is 14.8. The van der Waals surface area contributed by atoms with E-state index in [1.807, 2.05) is 49.4 Å². The van der Waals surface area contributed by atoms with E-state index in [4.69, 9.17) is 19.2 Å². The second kappa shape index (κ2) is 12.9. The van der Waals surface area contributed by atoms with Crippen LogP contribution in [-0.4, -0.2) is 35.4 Å². The number of aromatic nitrogens is 2. The van der Waals surface area contributed by atoms with Crippen LogP contribution in [-0.2, 0) is 16.1 Å². The van der Waals surface area contributed by atoms with Gasteiger partial charge in [-0.05, 0) is 56.7 Å². The van der Waals surface area contributed by atoms with Crippen molar-refractivity contribution in [3.8, 4) is 11.5 Å². The molecule has 0 spiro atoms. The summed E-state index contributed by atoms with van der Waals surface area (Å²) in [6, 6.07) is 21.1. The molecule has 0 bridgehead atoms. The lowest BCUT2D eigenvalue weighted by molar-refractivity contribution is -0.139. The fourth-order valence-electron chi connectivity index (χ4n) is 5.74. The van der Waals surface area contributed by atoms with E-state index in [0.717, 1.165) is 26.5 Å². The van der Waals surface area contributed by atoms with Crippen LogP contribution in [0.25, 0.3) is 17.0 Å². The Morgan fingerprint density at radius 2 is 1.82 bits per heavy atom. The molecule has 0 unspecified atom stereocenters. The number of benzene rings is 3. The number of thiazole rings is 1. The van der Waals surface area contributed by atoms with Gasteiger partial charge >= 0.3 is 5.97 Å². The van der Waals surface area contributed by atoms with Crippen molar-refractivity contribution in [1.82, 2.24) is 9.13 Å². The zero-order valence-electron chi connectivity index (χ0n) is 25.4. The number of nitrogens with zero attached hydrogens (tertiary/aromatic N) is 3. The standard InChI is InChI=1S/C35H32BrN3O5S/c1-5-43-32-26(11-9-13-28(32)42-4)31-30(34(41)44-6-2)21(3)37-35-39(31)33(40)29(45-35)18-23-20-38(27-12-8-7-10-25(23)27)19-22-14-16-24(36)17-15-22/h7-18,20,31H,5-6,19H2,1-4H3/b29-18+/t31-/m0/s1. The Morgan fingerprint density at radius 3 is 2.56 bits per heavy atom. The minimum Gasteiger partial charge on any atom is -0.493 e. The maximum Gasteiger partial charge on any atom is 0.338 e. The third kappa shape index (κ3) is 5.76. The van der Waals surface area contributed by atoms with Gasteiger partial charge in [-0.2, -0.15) is 0 Å². The lowest BCUT2D eigenvalue weighted by Gasteiger charge is -2.26. The Hall–Kier alpha value is -4.41. The lowest BCUT2D eigenvalue weighted by Crippen LogP contribution is -2.40. The molecule has 230 valence electrons. The molecule has 0 saturated carbocycles. The Balaban J connectivity index is 1.54. The quantitative estimate of drug-likeness (QED) is 0.179. The Morgan fingerprint density at radius 1 is 1.04 bits per heavy atom. The average Bonchev–Trinajstić information content (AvgIpc) is 3.54. The molecule has 5 aromatic rings. The van der Waals surface area contributed by atoms with Gasteiger partial charge in [-0.25, -0.2) is 9.79 Å². The second-order valence-corrected chi connectivity index (χ2v) is 12.4. The van der Waals surface area contributed by atoms with Gasteiger partial charge in [0.1, 0.15) is 6.04 Å². The summed E-state index contributed by atoms with van der Waals surface area (Å²) in [5.74, 6) is 0.446. The van der Waals surface area contributed by atoms with Crippen LogP contribution < -0.4 is 24.4 Å². The Bertz CT molecular complexity index is 2130. The third-order valence-corrected chi connectivity index (χ3v) is 9.21. The highest BCUT2D eigenvalue weighted by Crippen LogP contribution is 2.40. The molecule has 1 aliphatic heterocycles. The maximum atomic E-state index is 14.3. The molecule has 0 amide bonds.